The Balaban J connectivity index is 1.81. The van der Waals surface area contributed by atoms with Crippen molar-refractivity contribution in [2.24, 2.45) is 11.8 Å². The van der Waals surface area contributed by atoms with Crippen LogP contribution in [-0.4, -0.2) is 29.8 Å². The smallest absolute Gasteiger partial charge is 0.222 e. The third kappa shape index (κ3) is 6.05. The maximum absolute atomic E-state index is 12.3. The molecule has 2 rings (SSSR count). The van der Waals surface area contributed by atoms with Crippen LogP contribution < -0.4 is 5.32 Å². The molecule has 126 valence electrons. The Morgan fingerprint density at radius 1 is 1.26 bits per heavy atom. The first kappa shape index (κ1) is 17.5. The van der Waals surface area contributed by atoms with Crippen LogP contribution in [0.15, 0.2) is 30.3 Å². The van der Waals surface area contributed by atoms with Gasteiger partial charge in [0, 0.05) is 32.5 Å². The highest BCUT2D eigenvalue weighted by Crippen LogP contribution is 2.19. The minimum absolute atomic E-state index is 0.122. The summed E-state index contributed by atoms with van der Waals surface area (Å²) in [6.45, 7) is 6.25. The predicted molar refractivity (Wildman–Crippen MR) is 91.7 cm³/mol. The van der Waals surface area contributed by atoms with Crippen LogP contribution in [0.4, 0.5) is 0 Å². The van der Waals surface area contributed by atoms with Crippen LogP contribution in [0.3, 0.4) is 0 Å². The lowest BCUT2D eigenvalue weighted by Gasteiger charge is -2.21. The van der Waals surface area contributed by atoms with Crippen molar-refractivity contribution < 1.29 is 9.59 Å². The second kappa shape index (κ2) is 8.70. The number of hydrogen-bond acceptors (Lipinski definition) is 2. The zero-order chi connectivity index (χ0) is 16.7. The Hall–Kier alpha value is -1.84. The van der Waals surface area contributed by atoms with E-state index in [4.69, 9.17) is 0 Å². The molecule has 1 aliphatic rings. The maximum Gasteiger partial charge on any atom is 0.222 e. The summed E-state index contributed by atoms with van der Waals surface area (Å²) in [6.07, 6.45) is 2.98. The quantitative estimate of drug-likeness (QED) is 0.877. The van der Waals surface area contributed by atoms with Gasteiger partial charge in [-0.3, -0.25) is 9.59 Å². The van der Waals surface area contributed by atoms with Gasteiger partial charge in [0.15, 0.2) is 0 Å². The monoisotopic (exact) mass is 316 g/mol. The lowest BCUT2D eigenvalue weighted by molar-refractivity contribution is -0.131. The number of likely N-dealkylation sites (tertiary alicyclic amines) is 1. The van der Waals surface area contributed by atoms with Crippen LogP contribution in [0.2, 0.25) is 0 Å². The van der Waals surface area contributed by atoms with E-state index in [0.29, 0.717) is 37.8 Å². The van der Waals surface area contributed by atoms with E-state index in [9.17, 15) is 9.59 Å². The predicted octanol–water partition coefficient (Wildman–Crippen LogP) is 2.98. The van der Waals surface area contributed by atoms with Gasteiger partial charge in [-0.05, 0) is 30.2 Å². The third-order valence-corrected chi connectivity index (χ3v) is 4.32. The summed E-state index contributed by atoms with van der Waals surface area (Å²) in [5.74, 6) is 1.13. The Morgan fingerprint density at radius 3 is 2.70 bits per heavy atom. The first-order valence-electron chi connectivity index (χ1n) is 8.63. The van der Waals surface area contributed by atoms with Crippen LogP contribution in [0.1, 0.15) is 45.1 Å². The van der Waals surface area contributed by atoms with Crippen molar-refractivity contribution in [1.82, 2.24) is 10.2 Å². The lowest BCUT2D eigenvalue weighted by Crippen LogP contribution is -2.31. The molecule has 1 atom stereocenters. The molecule has 1 N–H and O–H groups in total. The van der Waals surface area contributed by atoms with E-state index in [1.54, 1.807) is 0 Å². The van der Waals surface area contributed by atoms with Crippen molar-refractivity contribution >= 4 is 11.8 Å². The number of carbonyl (C=O) groups is 2. The molecule has 0 aliphatic carbocycles. The molecule has 0 radical (unpaired) electrons. The Morgan fingerprint density at radius 2 is 2.00 bits per heavy atom. The first-order valence-corrected chi connectivity index (χ1v) is 8.63. The van der Waals surface area contributed by atoms with Gasteiger partial charge >= 0.3 is 0 Å². The molecule has 23 heavy (non-hydrogen) atoms. The van der Waals surface area contributed by atoms with Gasteiger partial charge in [-0.2, -0.15) is 0 Å². The molecule has 4 nitrogen and oxygen atoms in total. The van der Waals surface area contributed by atoms with E-state index in [1.165, 1.54) is 5.56 Å². The van der Waals surface area contributed by atoms with Crippen molar-refractivity contribution in [1.29, 1.82) is 0 Å². The van der Waals surface area contributed by atoms with Gasteiger partial charge in [-0.25, -0.2) is 0 Å². The fraction of sp³-hybridized carbons (Fsp3) is 0.579. The van der Waals surface area contributed by atoms with E-state index in [-0.39, 0.29) is 11.8 Å². The van der Waals surface area contributed by atoms with Gasteiger partial charge in [0.2, 0.25) is 11.8 Å². The minimum atomic E-state index is 0.122. The van der Waals surface area contributed by atoms with Crippen molar-refractivity contribution in [3.05, 3.63) is 35.9 Å². The number of hydrogen-bond donors (Lipinski definition) is 1. The molecule has 1 aromatic carbocycles. The molecule has 0 spiro atoms. The largest absolute Gasteiger partial charge is 0.356 e. The summed E-state index contributed by atoms with van der Waals surface area (Å²) in [5.41, 5.74) is 1.17. The third-order valence-electron chi connectivity index (χ3n) is 4.32. The molecule has 4 heteroatoms. The number of benzene rings is 1. The molecule has 1 saturated heterocycles. The lowest BCUT2D eigenvalue weighted by atomic mass is 10.0. The molecule has 1 heterocycles. The molecule has 0 aromatic heterocycles. The highest BCUT2D eigenvalue weighted by atomic mass is 16.2. The average Bonchev–Trinajstić information content (AvgIpc) is 2.69. The normalized spacial score (nSPS) is 18.8. The standard InChI is InChI=1S/C19H28N2O2/c1-15(2)12-18(22)20-13-16-8-9-19(23)21(11-10-16)14-17-6-4-3-5-7-17/h3-7,15-16H,8-14H2,1-2H3,(H,20,22)/t16-/m0/s1. The molecule has 0 unspecified atom stereocenters. The maximum atomic E-state index is 12.3. The van der Waals surface area contributed by atoms with E-state index in [0.717, 1.165) is 19.4 Å². The molecule has 0 saturated carbocycles. The summed E-state index contributed by atoms with van der Waals surface area (Å²) in [4.78, 5) is 26.0. The first-order chi connectivity index (χ1) is 11.0. The second-order valence-corrected chi connectivity index (χ2v) is 6.90. The molecule has 2 amide bonds. The SMILES string of the molecule is CC(C)CC(=O)NC[C@H]1CCC(=O)N(Cc2ccccc2)CC1. The fourth-order valence-corrected chi connectivity index (χ4v) is 2.97. The minimum Gasteiger partial charge on any atom is -0.356 e. The summed E-state index contributed by atoms with van der Waals surface area (Å²) < 4.78 is 0. The summed E-state index contributed by atoms with van der Waals surface area (Å²) in [5, 5.41) is 3.02. The molecule has 1 aromatic rings. The van der Waals surface area contributed by atoms with Crippen LogP contribution in [0.5, 0.6) is 0 Å². The molecule has 0 bridgehead atoms. The van der Waals surface area contributed by atoms with Crippen LogP contribution in [0, 0.1) is 11.8 Å². The number of nitrogens with zero attached hydrogens (tertiary/aromatic N) is 1. The number of nitrogens with one attached hydrogen (secondary N) is 1. The van der Waals surface area contributed by atoms with Crippen LogP contribution in [-0.2, 0) is 16.1 Å². The molecule has 1 fully saturated rings. The van der Waals surface area contributed by atoms with Crippen molar-refractivity contribution in [2.75, 3.05) is 13.1 Å². The van der Waals surface area contributed by atoms with E-state index < -0.39 is 0 Å². The van der Waals surface area contributed by atoms with Gasteiger partial charge in [0.1, 0.15) is 0 Å². The number of amides is 2. The molecular weight excluding hydrogens is 288 g/mol. The van der Waals surface area contributed by atoms with Crippen molar-refractivity contribution in [2.45, 2.75) is 46.1 Å². The topological polar surface area (TPSA) is 49.4 Å². The van der Waals surface area contributed by atoms with Gasteiger partial charge in [0.25, 0.3) is 0 Å². The van der Waals surface area contributed by atoms with Gasteiger partial charge in [-0.1, -0.05) is 44.2 Å². The number of carbonyl (C=O) groups excluding carboxylic acids is 2. The van der Waals surface area contributed by atoms with Crippen LogP contribution in [0.25, 0.3) is 0 Å². The zero-order valence-electron chi connectivity index (χ0n) is 14.3. The summed E-state index contributed by atoms with van der Waals surface area (Å²) in [7, 11) is 0. The second-order valence-electron chi connectivity index (χ2n) is 6.90. The molecular formula is C19H28N2O2. The van der Waals surface area contributed by atoms with Crippen LogP contribution >= 0.6 is 0 Å². The Bertz CT molecular complexity index is 513. The van der Waals surface area contributed by atoms with E-state index in [2.05, 4.69) is 17.4 Å². The number of rotatable bonds is 6. The van der Waals surface area contributed by atoms with E-state index in [1.807, 2.05) is 36.9 Å². The van der Waals surface area contributed by atoms with Crippen molar-refractivity contribution in [3.63, 3.8) is 0 Å². The van der Waals surface area contributed by atoms with Gasteiger partial charge in [-0.15, -0.1) is 0 Å². The summed E-state index contributed by atoms with van der Waals surface area (Å²) >= 11 is 0. The highest BCUT2D eigenvalue weighted by Gasteiger charge is 2.22. The fourth-order valence-electron chi connectivity index (χ4n) is 2.97. The average molecular weight is 316 g/mol. The highest BCUT2D eigenvalue weighted by molar-refractivity contribution is 5.77. The van der Waals surface area contributed by atoms with Gasteiger partial charge in [0.05, 0.1) is 0 Å². The van der Waals surface area contributed by atoms with Crippen molar-refractivity contribution in [3.8, 4) is 0 Å². The summed E-state index contributed by atoms with van der Waals surface area (Å²) in [6, 6.07) is 10.1. The Labute approximate surface area is 139 Å². The van der Waals surface area contributed by atoms with Gasteiger partial charge < -0.3 is 10.2 Å². The zero-order valence-corrected chi connectivity index (χ0v) is 14.3. The Kier molecular flexibility index (Phi) is 6.63. The van der Waals surface area contributed by atoms with E-state index >= 15 is 0 Å². The molecule has 1 aliphatic heterocycles.